The van der Waals surface area contributed by atoms with E-state index in [2.05, 4.69) is 37.7 Å². The highest BCUT2D eigenvalue weighted by Gasteiger charge is 2.11. The van der Waals surface area contributed by atoms with Crippen molar-refractivity contribution in [2.45, 2.75) is 26.8 Å². The maximum absolute atomic E-state index is 11.3. The summed E-state index contributed by atoms with van der Waals surface area (Å²) in [5.41, 5.74) is 3.88. The molecule has 0 aliphatic carbocycles. The Morgan fingerprint density at radius 3 is 2.82 bits per heavy atom. The van der Waals surface area contributed by atoms with Crippen LogP contribution in [0.25, 0.3) is 22.6 Å². The van der Waals surface area contributed by atoms with Gasteiger partial charge in [-0.3, -0.25) is 14.9 Å². The first-order valence-electron chi connectivity index (χ1n) is 7.18. The number of hydrogen-bond donors (Lipinski definition) is 1. The minimum atomic E-state index is 0.109. The molecule has 6 nitrogen and oxygen atoms in total. The molecule has 0 aromatic carbocycles. The Kier molecular flexibility index (Phi) is 3.82. The van der Waals surface area contributed by atoms with Gasteiger partial charge in [0.05, 0.1) is 0 Å². The quantitative estimate of drug-likeness (QED) is 0.784. The van der Waals surface area contributed by atoms with Crippen LogP contribution < -0.4 is 0 Å². The number of ketones is 1. The predicted octanol–water partition coefficient (Wildman–Crippen LogP) is 2.49. The minimum absolute atomic E-state index is 0.109. The molecule has 3 aromatic heterocycles. The average molecular weight is 295 g/mol. The van der Waals surface area contributed by atoms with Gasteiger partial charge in [-0.2, -0.15) is 5.10 Å². The summed E-state index contributed by atoms with van der Waals surface area (Å²) in [7, 11) is 0. The Hall–Kier alpha value is -2.76. The normalized spacial score (nSPS) is 10.8. The van der Waals surface area contributed by atoms with Crippen LogP contribution in [0.3, 0.4) is 0 Å². The topological polar surface area (TPSA) is 76.5 Å². The number of H-pyrrole nitrogens is 1. The molecule has 0 saturated heterocycles. The van der Waals surface area contributed by atoms with Crippen LogP contribution in [-0.2, 0) is 17.8 Å². The van der Waals surface area contributed by atoms with E-state index in [0.717, 1.165) is 34.9 Å². The van der Waals surface area contributed by atoms with Gasteiger partial charge in [0.2, 0.25) is 0 Å². The fraction of sp³-hybridized carbons (Fsp3) is 0.250. The molecule has 0 unspecified atom stereocenters. The van der Waals surface area contributed by atoms with Crippen LogP contribution in [0.1, 0.15) is 19.5 Å². The highest BCUT2D eigenvalue weighted by Crippen LogP contribution is 2.27. The molecule has 0 amide bonds. The van der Waals surface area contributed by atoms with Gasteiger partial charge < -0.3 is 4.57 Å². The number of rotatable bonds is 5. The van der Waals surface area contributed by atoms with Gasteiger partial charge in [-0.1, -0.05) is 0 Å². The van der Waals surface area contributed by atoms with Crippen molar-refractivity contribution < 1.29 is 4.79 Å². The van der Waals surface area contributed by atoms with Gasteiger partial charge in [0, 0.05) is 47.9 Å². The zero-order chi connectivity index (χ0) is 15.5. The summed E-state index contributed by atoms with van der Waals surface area (Å²) in [5, 5.41) is 6.77. The maximum Gasteiger partial charge on any atom is 0.156 e. The molecule has 3 aromatic rings. The molecule has 0 saturated carbocycles. The lowest BCUT2D eigenvalue weighted by Crippen LogP contribution is -2.00. The third-order valence-corrected chi connectivity index (χ3v) is 3.47. The Balaban J connectivity index is 2.02. The summed E-state index contributed by atoms with van der Waals surface area (Å²) in [6.07, 6.45) is 5.64. The van der Waals surface area contributed by atoms with Gasteiger partial charge in [0.25, 0.3) is 0 Å². The molecule has 6 heteroatoms. The molecule has 0 atom stereocenters. The largest absolute Gasteiger partial charge is 0.347 e. The van der Waals surface area contributed by atoms with Crippen LogP contribution >= 0.6 is 0 Å². The van der Waals surface area contributed by atoms with E-state index in [9.17, 15) is 4.79 Å². The number of carbonyl (C=O) groups excluding carboxylic acids is 1. The molecular formula is C16H17N5O. The lowest BCUT2D eigenvalue weighted by atomic mass is 10.1. The second-order valence-electron chi connectivity index (χ2n) is 5.15. The standard InChI is InChI=1S/C16H17N5O/c1-3-21-9-13(16-18-10-19-20-16)8-15(21)12-4-5-17-14(7-12)6-11(2)22/h4-5,7-10H,3,6H2,1-2H3,(H,18,19,20). The van der Waals surface area contributed by atoms with E-state index in [0.29, 0.717) is 6.42 Å². The number of aromatic nitrogens is 5. The maximum atomic E-state index is 11.3. The van der Waals surface area contributed by atoms with Crippen molar-refractivity contribution in [3.05, 3.63) is 42.6 Å². The smallest absolute Gasteiger partial charge is 0.156 e. The summed E-state index contributed by atoms with van der Waals surface area (Å²) < 4.78 is 2.14. The summed E-state index contributed by atoms with van der Waals surface area (Å²) in [5.74, 6) is 0.851. The van der Waals surface area contributed by atoms with Crippen molar-refractivity contribution >= 4 is 5.78 Å². The Morgan fingerprint density at radius 1 is 1.27 bits per heavy atom. The van der Waals surface area contributed by atoms with E-state index in [1.807, 2.05) is 18.3 Å². The zero-order valence-corrected chi connectivity index (χ0v) is 12.6. The monoisotopic (exact) mass is 295 g/mol. The number of Topliss-reactive ketones (excluding diaryl/α,β-unsaturated/α-hetero) is 1. The molecule has 1 N–H and O–H groups in total. The molecule has 0 spiro atoms. The van der Waals surface area contributed by atoms with Crippen LogP contribution in [0.4, 0.5) is 0 Å². The van der Waals surface area contributed by atoms with Crippen molar-refractivity contribution in [1.29, 1.82) is 0 Å². The SMILES string of the molecule is CCn1cc(-c2ncn[nH]2)cc1-c1ccnc(CC(C)=O)c1. The van der Waals surface area contributed by atoms with Crippen molar-refractivity contribution in [1.82, 2.24) is 24.7 Å². The van der Waals surface area contributed by atoms with Gasteiger partial charge in [0.15, 0.2) is 5.82 Å². The predicted molar refractivity (Wildman–Crippen MR) is 83.1 cm³/mol. The van der Waals surface area contributed by atoms with Gasteiger partial charge in [0.1, 0.15) is 12.1 Å². The van der Waals surface area contributed by atoms with E-state index in [-0.39, 0.29) is 5.78 Å². The van der Waals surface area contributed by atoms with Crippen molar-refractivity contribution in [3.63, 3.8) is 0 Å². The average Bonchev–Trinajstić information content (AvgIpc) is 3.16. The molecule has 0 radical (unpaired) electrons. The number of pyridine rings is 1. The van der Waals surface area contributed by atoms with Crippen molar-refractivity contribution in [2.24, 2.45) is 0 Å². The lowest BCUT2D eigenvalue weighted by molar-refractivity contribution is -0.116. The lowest BCUT2D eigenvalue weighted by Gasteiger charge is -2.07. The second-order valence-corrected chi connectivity index (χ2v) is 5.15. The van der Waals surface area contributed by atoms with E-state index >= 15 is 0 Å². The van der Waals surface area contributed by atoms with Gasteiger partial charge >= 0.3 is 0 Å². The molecule has 22 heavy (non-hydrogen) atoms. The number of aromatic amines is 1. The van der Waals surface area contributed by atoms with Crippen molar-refractivity contribution in [3.8, 4) is 22.6 Å². The molecular weight excluding hydrogens is 278 g/mol. The molecule has 0 fully saturated rings. The van der Waals surface area contributed by atoms with Crippen LogP contribution in [0.15, 0.2) is 36.9 Å². The number of carbonyl (C=O) groups is 1. The summed E-state index contributed by atoms with van der Waals surface area (Å²) in [6, 6.07) is 5.99. The third-order valence-electron chi connectivity index (χ3n) is 3.47. The molecule has 0 aliphatic rings. The van der Waals surface area contributed by atoms with Gasteiger partial charge in [-0.25, -0.2) is 4.98 Å². The first kappa shape index (κ1) is 14.2. The van der Waals surface area contributed by atoms with Crippen LogP contribution in [-0.4, -0.2) is 30.5 Å². The summed E-state index contributed by atoms with van der Waals surface area (Å²) in [4.78, 5) is 19.7. The highest BCUT2D eigenvalue weighted by molar-refractivity contribution is 5.78. The molecule has 3 heterocycles. The fourth-order valence-corrected chi connectivity index (χ4v) is 2.48. The fourth-order valence-electron chi connectivity index (χ4n) is 2.48. The molecule has 0 aliphatic heterocycles. The summed E-state index contributed by atoms with van der Waals surface area (Å²) >= 11 is 0. The van der Waals surface area contributed by atoms with Crippen LogP contribution in [0, 0.1) is 0 Å². The number of hydrogen-bond acceptors (Lipinski definition) is 4. The number of aryl methyl sites for hydroxylation is 1. The third kappa shape index (κ3) is 2.81. The first-order valence-corrected chi connectivity index (χ1v) is 7.18. The second kappa shape index (κ2) is 5.93. The van der Waals surface area contributed by atoms with Crippen molar-refractivity contribution in [2.75, 3.05) is 0 Å². The first-order chi connectivity index (χ1) is 10.7. The Bertz CT molecular complexity index is 789. The van der Waals surface area contributed by atoms with E-state index in [4.69, 9.17) is 0 Å². The zero-order valence-electron chi connectivity index (χ0n) is 12.6. The summed E-state index contributed by atoms with van der Waals surface area (Å²) in [6.45, 7) is 4.50. The number of nitrogens with one attached hydrogen (secondary N) is 1. The van der Waals surface area contributed by atoms with E-state index in [1.54, 1.807) is 13.1 Å². The minimum Gasteiger partial charge on any atom is -0.347 e. The van der Waals surface area contributed by atoms with E-state index < -0.39 is 0 Å². The molecule has 0 bridgehead atoms. The van der Waals surface area contributed by atoms with Gasteiger partial charge in [-0.15, -0.1) is 0 Å². The van der Waals surface area contributed by atoms with Crippen LogP contribution in [0.5, 0.6) is 0 Å². The highest BCUT2D eigenvalue weighted by atomic mass is 16.1. The van der Waals surface area contributed by atoms with E-state index in [1.165, 1.54) is 6.33 Å². The van der Waals surface area contributed by atoms with Gasteiger partial charge in [-0.05, 0) is 32.0 Å². The number of nitrogens with zero attached hydrogens (tertiary/aromatic N) is 4. The molecule has 3 rings (SSSR count). The van der Waals surface area contributed by atoms with Crippen LogP contribution in [0.2, 0.25) is 0 Å². The Morgan fingerprint density at radius 2 is 2.14 bits per heavy atom. The Labute approximate surface area is 128 Å². The molecule has 112 valence electrons.